The summed E-state index contributed by atoms with van der Waals surface area (Å²) in [7, 11) is 10.6. The standard InChI is InChI=1S/C22H24N.2C21H22N.2C20H20N/c1-15-13-22(23(5)14-18(15)4)21-12-16(2)20(11-17(21)3)19-9-7-6-8-10-19;1-15-13-21(22(4)14-17(15)3)20-11-10-19(12-16(20)2)18-8-6-5-7-9-18;1-15-10-11-21(22(4)14-15)20-13-16(2)19(12-17(20)3)18-8-6-5-7-9-18;1-15-14-19(20-11-7-8-12-21(20)3)16(2)13-18(15)17-9-5-4-6-10-17;1-15-9-12-20(21(3)14-15)19-11-10-18(13-16(19)2)17-7-5-4-6-8-17/h6-14H,1-5H3;2*5-14H,1-4H3;2*4-14H,1-3H3/q5*+1. The van der Waals surface area contributed by atoms with Gasteiger partial charge in [0.25, 0.3) is 0 Å². The van der Waals surface area contributed by atoms with Crippen LogP contribution in [0.4, 0.5) is 0 Å². The fraction of sp³-hybridized carbons (Fsp3) is 0.183. The number of hydrogen-bond donors (Lipinski definition) is 0. The van der Waals surface area contributed by atoms with E-state index in [9.17, 15) is 0 Å². The van der Waals surface area contributed by atoms with E-state index in [2.05, 4.69) is 465 Å². The van der Waals surface area contributed by atoms with E-state index in [-0.39, 0.29) is 0 Å². The van der Waals surface area contributed by atoms with Gasteiger partial charge in [0.2, 0.25) is 28.5 Å². The molecule has 0 bridgehead atoms. The number of pyridine rings is 5. The monoisotopic (exact) mass is 1430 g/mol. The molecule has 15 rings (SSSR count). The maximum atomic E-state index is 2.32. The first kappa shape index (κ1) is 78.0. The normalized spacial score (nSPS) is 10.7. The minimum atomic E-state index is 1.25. The molecule has 0 N–H and O–H groups in total. The molecule has 544 valence electrons. The average Bonchev–Trinajstić information content (AvgIpc) is 0.813. The van der Waals surface area contributed by atoms with Crippen molar-refractivity contribution in [3.8, 4) is 112 Å². The lowest BCUT2D eigenvalue weighted by Gasteiger charge is -2.12. The number of aryl methyl sites for hydroxylation is 19. The van der Waals surface area contributed by atoms with E-state index >= 15 is 0 Å². The molecule has 10 aromatic carbocycles. The van der Waals surface area contributed by atoms with Gasteiger partial charge in [-0.3, -0.25) is 0 Å². The van der Waals surface area contributed by atoms with Crippen LogP contribution in [-0.4, -0.2) is 0 Å². The quantitative estimate of drug-likeness (QED) is 0.122. The first-order valence-corrected chi connectivity index (χ1v) is 38.1. The van der Waals surface area contributed by atoms with Crippen molar-refractivity contribution in [2.45, 2.75) is 96.9 Å². The molecule has 5 aromatic heterocycles. The third-order valence-electron chi connectivity index (χ3n) is 21.1. The van der Waals surface area contributed by atoms with Crippen molar-refractivity contribution in [3.63, 3.8) is 0 Å². The Labute approximate surface area is 650 Å². The van der Waals surface area contributed by atoms with Gasteiger partial charge in [-0.15, -0.1) is 0 Å². The Kier molecular flexibility index (Phi) is 25.5. The summed E-state index contributed by atoms with van der Waals surface area (Å²) < 4.78 is 11.0. The van der Waals surface area contributed by atoms with E-state index in [4.69, 9.17) is 0 Å². The molecule has 0 unspecified atom stereocenters. The maximum Gasteiger partial charge on any atom is 0.212 e. The van der Waals surface area contributed by atoms with Crippen molar-refractivity contribution in [2.24, 2.45) is 35.2 Å². The number of nitrogens with zero attached hydrogens (tertiary/aromatic N) is 5. The van der Waals surface area contributed by atoms with Gasteiger partial charge in [0.1, 0.15) is 35.2 Å². The molecule has 0 amide bonds. The van der Waals surface area contributed by atoms with Gasteiger partial charge in [-0.25, -0.2) is 22.8 Å². The highest BCUT2D eigenvalue weighted by Crippen LogP contribution is 2.36. The van der Waals surface area contributed by atoms with Crippen LogP contribution in [0, 0.1) is 96.9 Å². The van der Waals surface area contributed by atoms with Gasteiger partial charge < -0.3 is 0 Å². The van der Waals surface area contributed by atoms with Crippen LogP contribution in [0.15, 0.2) is 310 Å². The van der Waals surface area contributed by atoms with Crippen LogP contribution in [0.3, 0.4) is 0 Å². The highest BCUT2D eigenvalue weighted by molar-refractivity contribution is 5.78. The van der Waals surface area contributed by atoms with Crippen LogP contribution >= 0.6 is 0 Å². The zero-order valence-corrected chi connectivity index (χ0v) is 67.7. The van der Waals surface area contributed by atoms with Crippen LogP contribution < -0.4 is 22.8 Å². The Bertz CT molecular complexity index is 5680. The molecule has 0 saturated heterocycles. The highest BCUT2D eigenvalue weighted by Gasteiger charge is 2.21. The molecule has 0 atom stereocenters. The SMILES string of the molecule is Cc1cc(-c2cc(C)c(-c3ccccc3)cc2C)[n+](C)cc1C.Cc1cc(-c2ccc(-c3ccccc3)cc2C)[n+](C)cc1C.Cc1cc(-c2cccc[n+]2C)c(C)cc1-c1ccccc1.Cc1ccc(-c2cc(C)c(-c3ccccc3)cc2C)[n+](C)c1.Cc1ccc(-c2ccc(-c3ccccc3)cc2C)[n+](C)c1. The molecule has 0 aliphatic carbocycles. The molecule has 5 nitrogen and oxygen atoms in total. The Morgan fingerprint density at radius 1 is 0.156 bits per heavy atom. The second-order valence-corrected chi connectivity index (χ2v) is 29.7. The summed E-state index contributed by atoms with van der Waals surface area (Å²) in [5.41, 5.74) is 44.0. The van der Waals surface area contributed by atoms with E-state index in [1.807, 2.05) is 0 Å². The molecule has 5 heteroatoms. The maximum absolute atomic E-state index is 2.32. The van der Waals surface area contributed by atoms with E-state index in [0.29, 0.717) is 0 Å². The average molecular weight is 1430 g/mol. The van der Waals surface area contributed by atoms with Gasteiger partial charge in [-0.1, -0.05) is 194 Å². The lowest BCUT2D eigenvalue weighted by Crippen LogP contribution is -2.31. The molecule has 0 fully saturated rings. The Balaban J connectivity index is 0.000000135. The van der Waals surface area contributed by atoms with Crippen LogP contribution in [0.1, 0.15) is 77.9 Å². The van der Waals surface area contributed by atoms with Crippen molar-refractivity contribution >= 4 is 0 Å². The fourth-order valence-corrected chi connectivity index (χ4v) is 14.7. The zero-order chi connectivity index (χ0) is 77.6. The van der Waals surface area contributed by atoms with E-state index in [1.54, 1.807) is 0 Å². The lowest BCUT2D eigenvalue weighted by molar-refractivity contribution is -0.660. The number of benzene rings is 10. The Morgan fingerprint density at radius 3 is 0.761 bits per heavy atom. The molecule has 15 aromatic rings. The summed E-state index contributed by atoms with van der Waals surface area (Å²) in [6, 6.07) is 99.8. The minimum absolute atomic E-state index is 1.25. The molecule has 0 aliphatic rings. The van der Waals surface area contributed by atoms with Gasteiger partial charge in [0.15, 0.2) is 31.0 Å². The molecule has 5 heterocycles. The molecule has 0 aliphatic heterocycles. The lowest BCUT2D eigenvalue weighted by atomic mass is 9.93. The van der Waals surface area contributed by atoms with Gasteiger partial charge in [-0.05, 0) is 257 Å². The molecule has 109 heavy (non-hydrogen) atoms. The first-order valence-electron chi connectivity index (χ1n) is 38.1. The molecule has 0 saturated carbocycles. The summed E-state index contributed by atoms with van der Waals surface area (Å²) in [5, 5.41) is 0. The highest BCUT2D eigenvalue weighted by atomic mass is 14.9. The predicted octanol–water partition coefficient (Wildman–Crippen LogP) is 23.5. The second-order valence-electron chi connectivity index (χ2n) is 29.7. The summed E-state index contributed by atoms with van der Waals surface area (Å²) in [6.45, 7) is 30.5. The molecule has 0 radical (unpaired) electrons. The Morgan fingerprint density at radius 2 is 0.422 bits per heavy atom. The molecular formula is C104H108N5+5. The first-order chi connectivity index (χ1) is 52.4. The van der Waals surface area contributed by atoms with Gasteiger partial charge in [0, 0.05) is 86.5 Å². The van der Waals surface area contributed by atoms with E-state index < -0.39 is 0 Å². The third kappa shape index (κ3) is 19.0. The Hall–Kier alpha value is -12.1. The number of rotatable bonds is 10. The minimum Gasteiger partial charge on any atom is -0.201 e. The van der Waals surface area contributed by atoms with Crippen LogP contribution in [0.5, 0.6) is 0 Å². The van der Waals surface area contributed by atoms with Crippen LogP contribution in [0.25, 0.3) is 112 Å². The van der Waals surface area contributed by atoms with E-state index in [1.165, 1.54) is 190 Å². The van der Waals surface area contributed by atoms with Crippen molar-refractivity contribution in [1.29, 1.82) is 0 Å². The topological polar surface area (TPSA) is 19.4 Å². The molecular weight excluding hydrogens is 1320 g/mol. The van der Waals surface area contributed by atoms with Crippen LogP contribution in [-0.2, 0) is 35.2 Å². The van der Waals surface area contributed by atoms with Gasteiger partial charge >= 0.3 is 0 Å². The predicted molar refractivity (Wildman–Crippen MR) is 459 cm³/mol. The number of hydrogen-bond acceptors (Lipinski definition) is 0. The smallest absolute Gasteiger partial charge is 0.201 e. The fourth-order valence-electron chi connectivity index (χ4n) is 14.7. The molecule has 0 spiro atoms. The number of aromatic nitrogens is 5. The second kappa shape index (κ2) is 35.6. The van der Waals surface area contributed by atoms with Crippen molar-refractivity contribution in [1.82, 2.24) is 0 Å². The summed E-state index contributed by atoms with van der Waals surface area (Å²) in [4.78, 5) is 0. The summed E-state index contributed by atoms with van der Waals surface area (Å²) in [6.07, 6.45) is 10.9. The summed E-state index contributed by atoms with van der Waals surface area (Å²) in [5.74, 6) is 0. The zero-order valence-electron chi connectivity index (χ0n) is 67.7. The third-order valence-corrected chi connectivity index (χ3v) is 21.1. The van der Waals surface area contributed by atoms with Gasteiger partial charge in [0.05, 0.1) is 0 Å². The van der Waals surface area contributed by atoms with E-state index in [0.717, 1.165) is 0 Å². The van der Waals surface area contributed by atoms with Crippen molar-refractivity contribution in [2.75, 3.05) is 0 Å². The van der Waals surface area contributed by atoms with Crippen molar-refractivity contribution in [3.05, 3.63) is 388 Å². The summed E-state index contributed by atoms with van der Waals surface area (Å²) >= 11 is 0. The van der Waals surface area contributed by atoms with Crippen molar-refractivity contribution < 1.29 is 22.8 Å². The van der Waals surface area contributed by atoms with Gasteiger partial charge in [-0.2, -0.15) is 0 Å². The van der Waals surface area contributed by atoms with Crippen LogP contribution in [0.2, 0.25) is 0 Å². The largest absolute Gasteiger partial charge is 0.212 e.